The number of anilines is 2. The van der Waals surface area contributed by atoms with Gasteiger partial charge in [0, 0.05) is 29.7 Å². The first-order valence-corrected chi connectivity index (χ1v) is 8.17. The number of ether oxygens (including phenoxy) is 1. The highest BCUT2D eigenvalue weighted by Crippen LogP contribution is 2.33. The molecular formula is C16H19N3O2S. The van der Waals surface area contributed by atoms with E-state index in [-0.39, 0.29) is 5.91 Å². The number of nitrogens with two attached hydrogens (primary N) is 1. The third-order valence-electron chi connectivity index (χ3n) is 3.87. The molecule has 0 radical (unpaired) electrons. The van der Waals surface area contributed by atoms with Crippen LogP contribution in [-0.2, 0) is 4.74 Å². The van der Waals surface area contributed by atoms with Gasteiger partial charge in [-0.2, -0.15) is 0 Å². The summed E-state index contributed by atoms with van der Waals surface area (Å²) in [7, 11) is 0. The van der Waals surface area contributed by atoms with Crippen molar-refractivity contribution in [3.05, 3.63) is 40.4 Å². The quantitative estimate of drug-likeness (QED) is 0.852. The Labute approximate surface area is 133 Å². The van der Waals surface area contributed by atoms with Crippen LogP contribution in [0.5, 0.6) is 0 Å². The lowest BCUT2D eigenvalue weighted by Crippen LogP contribution is -2.16. The second-order valence-corrected chi connectivity index (χ2v) is 6.59. The molecule has 1 aliphatic rings. The van der Waals surface area contributed by atoms with Gasteiger partial charge < -0.3 is 10.5 Å². The summed E-state index contributed by atoms with van der Waals surface area (Å²) in [5.74, 6) is 0.211. The summed E-state index contributed by atoms with van der Waals surface area (Å²) in [6.07, 6.45) is 1.98. The van der Waals surface area contributed by atoms with Crippen molar-refractivity contribution in [2.45, 2.75) is 25.7 Å². The van der Waals surface area contributed by atoms with E-state index in [0.29, 0.717) is 22.3 Å². The van der Waals surface area contributed by atoms with Crippen LogP contribution in [-0.4, -0.2) is 24.1 Å². The summed E-state index contributed by atoms with van der Waals surface area (Å²) < 4.78 is 5.40. The number of thiazole rings is 1. The Morgan fingerprint density at radius 2 is 2.09 bits per heavy atom. The van der Waals surface area contributed by atoms with Crippen LogP contribution in [0.4, 0.5) is 10.8 Å². The zero-order valence-electron chi connectivity index (χ0n) is 12.5. The molecule has 2 heterocycles. The van der Waals surface area contributed by atoms with Gasteiger partial charge in [-0.05, 0) is 31.9 Å². The molecule has 0 aliphatic carbocycles. The van der Waals surface area contributed by atoms with E-state index in [1.165, 1.54) is 11.3 Å². The van der Waals surface area contributed by atoms with Gasteiger partial charge in [-0.1, -0.05) is 12.1 Å². The molecule has 0 unspecified atom stereocenters. The predicted octanol–water partition coefficient (Wildman–Crippen LogP) is 3.18. The minimum Gasteiger partial charge on any atom is -0.398 e. The molecule has 1 saturated heterocycles. The van der Waals surface area contributed by atoms with E-state index >= 15 is 0 Å². The summed E-state index contributed by atoms with van der Waals surface area (Å²) >= 11 is 1.51. The van der Waals surface area contributed by atoms with Gasteiger partial charge in [0.2, 0.25) is 0 Å². The lowest BCUT2D eigenvalue weighted by Gasteiger charge is -2.20. The number of benzene rings is 1. The zero-order valence-corrected chi connectivity index (χ0v) is 13.3. The van der Waals surface area contributed by atoms with Crippen LogP contribution in [0.25, 0.3) is 0 Å². The molecule has 22 heavy (non-hydrogen) atoms. The summed E-state index contributed by atoms with van der Waals surface area (Å²) in [6, 6.07) is 7.04. The highest BCUT2D eigenvalue weighted by molar-refractivity contribution is 7.15. The predicted molar refractivity (Wildman–Crippen MR) is 88.5 cm³/mol. The standard InChI is InChI=1S/C16H19N3O2S/c1-10-14(11-6-8-21-9-7-11)18-16(22-10)19-15(20)12-4-2-3-5-13(12)17/h2-5,11H,6-9,17H2,1H3,(H,18,19,20). The fraction of sp³-hybridized carbons (Fsp3) is 0.375. The van der Waals surface area contributed by atoms with Crippen LogP contribution < -0.4 is 11.1 Å². The van der Waals surface area contributed by atoms with Gasteiger partial charge >= 0.3 is 0 Å². The first-order chi connectivity index (χ1) is 10.6. The lowest BCUT2D eigenvalue weighted by atomic mass is 9.96. The van der Waals surface area contributed by atoms with Crippen LogP contribution in [0.2, 0.25) is 0 Å². The molecule has 3 N–H and O–H groups in total. The van der Waals surface area contributed by atoms with Crippen molar-refractivity contribution in [3.63, 3.8) is 0 Å². The fourth-order valence-corrected chi connectivity index (χ4v) is 3.57. The van der Waals surface area contributed by atoms with Crippen molar-refractivity contribution in [2.75, 3.05) is 24.3 Å². The highest BCUT2D eigenvalue weighted by atomic mass is 32.1. The first-order valence-electron chi connectivity index (χ1n) is 7.36. The number of nitrogens with one attached hydrogen (secondary N) is 1. The minimum atomic E-state index is -0.217. The number of nitrogen functional groups attached to an aromatic ring is 1. The van der Waals surface area contributed by atoms with Gasteiger partial charge in [-0.3, -0.25) is 10.1 Å². The maximum atomic E-state index is 12.3. The number of para-hydroxylation sites is 1. The fourth-order valence-electron chi connectivity index (χ4n) is 2.68. The van der Waals surface area contributed by atoms with Gasteiger partial charge in [0.05, 0.1) is 11.3 Å². The first kappa shape index (κ1) is 15.0. The average Bonchev–Trinajstić information content (AvgIpc) is 2.89. The smallest absolute Gasteiger partial charge is 0.259 e. The minimum absolute atomic E-state index is 0.217. The van der Waals surface area contributed by atoms with Crippen LogP contribution in [0, 0.1) is 6.92 Å². The number of nitrogens with zero attached hydrogens (tertiary/aromatic N) is 1. The zero-order chi connectivity index (χ0) is 15.5. The molecule has 0 spiro atoms. The summed E-state index contributed by atoms with van der Waals surface area (Å²) in [6.45, 7) is 3.61. The van der Waals surface area contributed by atoms with E-state index in [4.69, 9.17) is 10.5 Å². The topological polar surface area (TPSA) is 77.2 Å². The Morgan fingerprint density at radius 1 is 1.36 bits per heavy atom. The Balaban J connectivity index is 1.76. The van der Waals surface area contributed by atoms with E-state index in [9.17, 15) is 4.79 Å². The van der Waals surface area contributed by atoms with E-state index < -0.39 is 0 Å². The van der Waals surface area contributed by atoms with E-state index in [0.717, 1.165) is 36.6 Å². The van der Waals surface area contributed by atoms with Crippen molar-refractivity contribution in [2.24, 2.45) is 0 Å². The molecule has 1 fully saturated rings. The maximum absolute atomic E-state index is 12.3. The number of amides is 1. The molecule has 2 aromatic rings. The van der Waals surface area contributed by atoms with Crippen LogP contribution >= 0.6 is 11.3 Å². The maximum Gasteiger partial charge on any atom is 0.259 e. The molecule has 0 saturated carbocycles. The second-order valence-electron chi connectivity index (χ2n) is 5.39. The summed E-state index contributed by atoms with van der Waals surface area (Å²) in [5.41, 5.74) is 7.87. The molecule has 1 aliphatic heterocycles. The second kappa shape index (κ2) is 6.46. The molecule has 0 bridgehead atoms. The third kappa shape index (κ3) is 3.13. The molecular weight excluding hydrogens is 298 g/mol. The van der Waals surface area contributed by atoms with Crippen molar-refractivity contribution in [3.8, 4) is 0 Å². The molecule has 6 heteroatoms. The van der Waals surface area contributed by atoms with Gasteiger partial charge in [-0.25, -0.2) is 4.98 Å². The number of aryl methyl sites for hydroxylation is 1. The molecule has 1 aromatic heterocycles. The Hall–Kier alpha value is -1.92. The van der Waals surface area contributed by atoms with Crippen molar-refractivity contribution >= 4 is 28.1 Å². The molecule has 0 atom stereocenters. The Bertz CT molecular complexity index is 678. The van der Waals surface area contributed by atoms with Gasteiger partial charge in [0.15, 0.2) is 5.13 Å². The SMILES string of the molecule is Cc1sc(NC(=O)c2ccccc2N)nc1C1CCOCC1. The van der Waals surface area contributed by atoms with Crippen LogP contribution in [0.3, 0.4) is 0 Å². The van der Waals surface area contributed by atoms with Crippen LogP contribution in [0.1, 0.15) is 39.7 Å². The Kier molecular flexibility index (Phi) is 4.40. The monoisotopic (exact) mass is 317 g/mol. The summed E-state index contributed by atoms with van der Waals surface area (Å²) in [4.78, 5) is 18.1. The highest BCUT2D eigenvalue weighted by Gasteiger charge is 2.22. The Morgan fingerprint density at radius 3 is 2.82 bits per heavy atom. The normalized spacial score (nSPS) is 15.7. The number of carbonyl (C=O) groups is 1. The molecule has 5 nitrogen and oxygen atoms in total. The number of hydrogen-bond donors (Lipinski definition) is 2. The molecule has 1 amide bonds. The number of aromatic nitrogens is 1. The number of rotatable bonds is 3. The average molecular weight is 317 g/mol. The van der Waals surface area contributed by atoms with Crippen molar-refractivity contribution in [1.29, 1.82) is 0 Å². The lowest BCUT2D eigenvalue weighted by molar-refractivity contribution is 0.0845. The molecule has 3 rings (SSSR count). The van der Waals surface area contributed by atoms with Crippen LogP contribution in [0.15, 0.2) is 24.3 Å². The molecule has 1 aromatic carbocycles. The van der Waals surface area contributed by atoms with Gasteiger partial charge in [-0.15, -0.1) is 11.3 Å². The van der Waals surface area contributed by atoms with Gasteiger partial charge in [0.1, 0.15) is 0 Å². The third-order valence-corrected chi connectivity index (χ3v) is 4.77. The number of carbonyl (C=O) groups excluding carboxylic acids is 1. The van der Waals surface area contributed by atoms with E-state index in [1.54, 1.807) is 18.2 Å². The van der Waals surface area contributed by atoms with Gasteiger partial charge in [0.25, 0.3) is 5.91 Å². The largest absolute Gasteiger partial charge is 0.398 e. The van der Waals surface area contributed by atoms with Crippen molar-refractivity contribution < 1.29 is 9.53 Å². The van der Waals surface area contributed by atoms with Crippen molar-refractivity contribution in [1.82, 2.24) is 4.98 Å². The summed E-state index contributed by atoms with van der Waals surface area (Å²) in [5, 5.41) is 3.49. The number of hydrogen-bond acceptors (Lipinski definition) is 5. The molecule has 116 valence electrons. The van der Waals surface area contributed by atoms with E-state index in [1.807, 2.05) is 6.07 Å². The van der Waals surface area contributed by atoms with E-state index in [2.05, 4.69) is 17.2 Å².